The number of urea groups is 1. The molecule has 2 aliphatic rings. The average Bonchev–Trinajstić information content (AvgIpc) is 2.93. The molecule has 0 radical (unpaired) electrons. The van der Waals surface area contributed by atoms with E-state index in [1.165, 1.54) is 4.90 Å². The Labute approximate surface area is 155 Å². The molecule has 2 saturated heterocycles. The van der Waals surface area contributed by atoms with Gasteiger partial charge in [0.15, 0.2) is 5.96 Å². The quantitative estimate of drug-likeness (QED) is 0.306. The predicted octanol–water partition coefficient (Wildman–Crippen LogP) is -0.407. The maximum absolute atomic E-state index is 11.5. The van der Waals surface area contributed by atoms with Crippen molar-refractivity contribution >= 4 is 17.9 Å². The fourth-order valence-corrected chi connectivity index (χ4v) is 3.07. The van der Waals surface area contributed by atoms with E-state index in [4.69, 9.17) is 4.74 Å². The van der Waals surface area contributed by atoms with Crippen molar-refractivity contribution in [3.05, 3.63) is 0 Å². The largest absolute Gasteiger partial charge is 0.377 e. The Morgan fingerprint density at radius 1 is 1.31 bits per heavy atom. The molecular weight excluding hydrogens is 336 g/mol. The zero-order valence-corrected chi connectivity index (χ0v) is 16.1. The lowest BCUT2D eigenvalue weighted by Gasteiger charge is -2.33. The number of nitrogens with zero attached hydrogens (tertiary/aromatic N) is 3. The van der Waals surface area contributed by atoms with Crippen molar-refractivity contribution < 1.29 is 14.3 Å². The third kappa shape index (κ3) is 6.45. The van der Waals surface area contributed by atoms with Crippen LogP contribution in [0.1, 0.15) is 26.7 Å². The molecule has 2 aliphatic heterocycles. The topological polar surface area (TPSA) is 98.3 Å². The SMILES string of the molecule is CN=C(NCCN1C(=O)CNC1=O)NC1CCN(CCOC(C)C)CC1. The second-order valence-corrected chi connectivity index (χ2v) is 6.88. The summed E-state index contributed by atoms with van der Waals surface area (Å²) in [7, 11) is 1.72. The molecule has 0 unspecified atom stereocenters. The standard InChI is InChI=1S/C17H32N6O3/c1-13(2)26-11-10-22-7-4-14(5-8-22)21-16(18-3)19-6-9-23-15(24)12-20-17(23)25/h13-14H,4-12H2,1-3H3,(H,20,25)(H2,18,19,21). The first-order valence-corrected chi connectivity index (χ1v) is 9.39. The Balaban J connectivity index is 1.63. The first-order chi connectivity index (χ1) is 12.5. The summed E-state index contributed by atoms with van der Waals surface area (Å²) in [5, 5.41) is 9.11. The maximum Gasteiger partial charge on any atom is 0.324 e. The number of likely N-dealkylation sites (tertiary alicyclic amines) is 1. The first kappa shape index (κ1) is 20.4. The van der Waals surface area contributed by atoms with E-state index in [1.807, 2.05) is 0 Å². The number of rotatable bonds is 8. The van der Waals surface area contributed by atoms with Crippen molar-refractivity contribution in [1.29, 1.82) is 0 Å². The van der Waals surface area contributed by atoms with Crippen LogP contribution in [0.25, 0.3) is 0 Å². The van der Waals surface area contributed by atoms with Gasteiger partial charge < -0.3 is 25.6 Å². The third-order valence-corrected chi connectivity index (χ3v) is 4.58. The smallest absolute Gasteiger partial charge is 0.324 e. The summed E-state index contributed by atoms with van der Waals surface area (Å²) < 4.78 is 5.61. The number of hydrogen-bond acceptors (Lipinski definition) is 5. The molecule has 2 heterocycles. The molecule has 3 amide bonds. The van der Waals surface area contributed by atoms with Gasteiger partial charge in [0.1, 0.15) is 0 Å². The number of imide groups is 1. The van der Waals surface area contributed by atoms with Crippen LogP contribution >= 0.6 is 0 Å². The molecule has 9 nitrogen and oxygen atoms in total. The number of carbonyl (C=O) groups is 2. The van der Waals surface area contributed by atoms with Gasteiger partial charge in [-0.3, -0.25) is 14.7 Å². The number of guanidine groups is 1. The van der Waals surface area contributed by atoms with Crippen LogP contribution in [0.4, 0.5) is 4.79 Å². The van der Waals surface area contributed by atoms with Crippen molar-refractivity contribution in [2.45, 2.75) is 38.8 Å². The Bertz CT molecular complexity index is 487. The number of hydrogen-bond donors (Lipinski definition) is 3. The Morgan fingerprint density at radius 3 is 2.62 bits per heavy atom. The second kappa shape index (κ2) is 10.3. The predicted molar refractivity (Wildman–Crippen MR) is 100 cm³/mol. The zero-order chi connectivity index (χ0) is 18.9. The molecule has 0 aliphatic carbocycles. The fourth-order valence-electron chi connectivity index (χ4n) is 3.07. The van der Waals surface area contributed by atoms with Gasteiger partial charge in [0.25, 0.3) is 0 Å². The zero-order valence-electron chi connectivity index (χ0n) is 16.1. The minimum Gasteiger partial charge on any atom is -0.377 e. The summed E-state index contributed by atoms with van der Waals surface area (Å²) in [5.41, 5.74) is 0. The number of aliphatic imine (C=N–C) groups is 1. The van der Waals surface area contributed by atoms with Gasteiger partial charge in [-0.1, -0.05) is 0 Å². The van der Waals surface area contributed by atoms with E-state index in [2.05, 4.69) is 39.7 Å². The highest BCUT2D eigenvalue weighted by Gasteiger charge is 2.27. The molecule has 3 N–H and O–H groups in total. The lowest BCUT2D eigenvalue weighted by Crippen LogP contribution is -2.50. The molecule has 9 heteroatoms. The molecular formula is C17H32N6O3. The van der Waals surface area contributed by atoms with E-state index < -0.39 is 0 Å². The highest BCUT2D eigenvalue weighted by Crippen LogP contribution is 2.10. The molecule has 2 fully saturated rings. The summed E-state index contributed by atoms with van der Waals surface area (Å²) >= 11 is 0. The van der Waals surface area contributed by atoms with Gasteiger partial charge in [-0.25, -0.2) is 4.79 Å². The average molecular weight is 368 g/mol. The summed E-state index contributed by atoms with van der Waals surface area (Å²) in [6.45, 7) is 8.85. The van der Waals surface area contributed by atoms with Crippen LogP contribution < -0.4 is 16.0 Å². The molecule has 0 atom stereocenters. The van der Waals surface area contributed by atoms with Crippen molar-refractivity contribution in [3.8, 4) is 0 Å². The minimum atomic E-state index is -0.325. The molecule has 0 spiro atoms. The van der Waals surface area contributed by atoms with E-state index >= 15 is 0 Å². The molecule has 148 valence electrons. The first-order valence-electron chi connectivity index (χ1n) is 9.39. The second-order valence-electron chi connectivity index (χ2n) is 6.88. The van der Waals surface area contributed by atoms with Gasteiger partial charge in [0.05, 0.1) is 19.3 Å². The van der Waals surface area contributed by atoms with Crippen LogP contribution in [0.15, 0.2) is 4.99 Å². The van der Waals surface area contributed by atoms with E-state index in [0.29, 0.717) is 25.1 Å². The lowest BCUT2D eigenvalue weighted by molar-refractivity contribution is -0.124. The molecule has 0 aromatic carbocycles. The Kier molecular flexibility index (Phi) is 8.11. The number of nitrogens with one attached hydrogen (secondary N) is 3. The monoisotopic (exact) mass is 368 g/mol. The molecule has 0 bridgehead atoms. The number of piperidine rings is 1. The van der Waals surface area contributed by atoms with E-state index in [1.54, 1.807) is 7.05 Å². The Hall–Kier alpha value is -1.87. The number of amides is 3. The van der Waals surface area contributed by atoms with E-state index in [9.17, 15) is 9.59 Å². The minimum absolute atomic E-state index is 0.0899. The maximum atomic E-state index is 11.5. The van der Waals surface area contributed by atoms with Crippen molar-refractivity contribution in [3.63, 3.8) is 0 Å². The van der Waals surface area contributed by atoms with Crippen LogP contribution in [-0.4, -0.2) is 92.8 Å². The lowest BCUT2D eigenvalue weighted by atomic mass is 10.1. The normalized spacial score (nSPS) is 20.0. The summed E-state index contributed by atoms with van der Waals surface area (Å²) in [5.74, 6) is 0.521. The van der Waals surface area contributed by atoms with E-state index in [-0.39, 0.29) is 24.6 Å². The van der Waals surface area contributed by atoms with Crippen LogP contribution in [0.2, 0.25) is 0 Å². The van der Waals surface area contributed by atoms with Crippen LogP contribution in [0, 0.1) is 0 Å². The number of ether oxygens (including phenoxy) is 1. The highest BCUT2D eigenvalue weighted by atomic mass is 16.5. The molecule has 0 aromatic heterocycles. The van der Waals surface area contributed by atoms with E-state index in [0.717, 1.165) is 39.1 Å². The van der Waals surface area contributed by atoms with Gasteiger partial charge in [0.2, 0.25) is 5.91 Å². The van der Waals surface area contributed by atoms with Crippen molar-refractivity contribution in [2.75, 3.05) is 52.9 Å². The molecule has 2 rings (SSSR count). The molecule has 0 saturated carbocycles. The summed E-state index contributed by atoms with van der Waals surface area (Å²) in [6.07, 6.45) is 2.38. The van der Waals surface area contributed by atoms with Crippen molar-refractivity contribution in [1.82, 2.24) is 25.8 Å². The van der Waals surface area contributed by atoms with Crippen LogP contribution in [0.5, 0.6) is 0 Å². The third-order valence-electron chi connectivity index (χ3n) is 4.58. The molecule has 26 heavy (non-hydrogen) atoms. The van der Waals surface area contributed by atoms with Gasteiger partial charge in [0, 0.05) is 45.8 Å². The van der Waals surface area contributed by atoms with Gasteiger partial charge in [-0.05, 0) is 26.7 Å². The van der Waals surface area contributed by atoms with Crippen LogP contribution in [-0.2, 0) is 9.53 Å². The van der Waals surface area contributed by atoms with Gasteiger partial charge in [-0.2, -0.15) is 0 Å². The fraction of sp³-hybridized carbons (Fsp3) is 0.824. The summed E-state index contributed by atoms with van der Waals surface area (Å²) in [6, 6.07) is 0.0498. The Morgan fingerprint density at radius 2 is 2.04 bits per heavy atom. The number of carbonyl (C=O) groups excluding carboxylic acids is 2. The van der Waals surface area contributed by atoms with Gasteiger partial charge >= 0.3 is 6.03 Å². The highest BCUT2D eigenvalue weighted by molar-refractivity contribution is 6.01. The van der Waals surface area contributed by atoms with Crippen molar-refractivity contribution in [2.24, 2.45) is 4.99 Å². The summed E-state index contributed by atoms with van der Waals surface area (Å²) in [4.78, 5) is 30.9. The molecule has 0 aromatic rings. The van der Waals surface area contributed by atoms with Crippen LogP contribution in [0.3, 0.4) is 0 Å². The van der Waals surface area contributed by atoms with Gasteiger partial charge in [-0.15, -0.1) is 0 Å².